The molecule has 0 aromatic heterocycles. The third-order valence-corrected chi connectivity index (χ3v) is 5.96. The molecule has 4 aromatic carbocycles. The van der Waals surface area contributed by atoms with Crippen molar-refractivity contribution in [3.63, 3.8) is 0 Å². The van der Waals surface area contributed by atoms with Gasteiger partial charge < -0.3 is 0 Å². The van der Waals surface area contributed by atoms with Crippen molar-refractivity contribution in [3.8, 4) is 23.7 Å². The molecule has 0 aliphatic carbocycles. The molecular formula is C33H24N2. The first-order chi connectivity index (χ1) is 17.1. The summed E-state index contributed by atoms with van der Waals surface area (Å²) < 4.78 is 0. The molecule has 0 saturated heterocycles. The van der Waals surface area contributed by atoms with Crippen LogP contribution in [-0.2, 0) is 0 Å². The number of benzene rings is 4. The SMILES string of the molecule is CC1(C)C(c2cccc(C#Cc3ccccc3)c2)=NN=C1c1cccc(C#Cc2ccccc2)c1. The molecule has 1 aliphatic heterocycles. The summed E-state index contributed by atoms with van der Waals surface area (Å²) in [6.45, 7) is 4.34. The van der Waals surface area contributed by atoms with E-state index < -0.39 is 0 Å². The molecule has 0 saturated carbocycles. The fourth-order valence-electron chi connectivity index (χ4n) is 4.12. The van der Waals surface area contributed by atoms with Gasteiger partial charge in [-0.1, -0.05) is 84.3 Å². The van der Waals surface area contributed by atoms with Crippen molar-refractivity contribution >= 4 is 11.4 Å². The summed E-state index contributed by atoms with van der Waals surface area (Å²) in [4.78, 5) is 0. The van der Waals surface area contributed by atoms with Crippen LogP contribution in [0.3, 0.4) is 0 Å². The molecule has 0 atom stereocenters. The van der Waals surface area contributed by atoms with Gasteiger partial charge in [0.2, 0.25) is 0 Å². The second-order valence-electron chi connectivity index (χ2n) is 8.92. The molecule has 4 aromatic rings. The van der Waals surface area contributed by atoms with Crippen LogP contribution in [0.4, 0.5) is 0 Å². The van der Waals surface area contributed by atoms with Crippen LogP contribution in [-0.4, -0.2) is 11.4 Å². The van der Waals surface area contributed by atoms with Gasteiger partial charge in [0.1, 0.15) is 0 Å². The Morgan fingerprint density at radius 2 is 0.829 bits per heavy atom. The molecule has 5 rings (SSSR count). The van der Waals surface area contributed by atoms with E-state index in [0.29, 0.717) is 0 Å². The first kappa shape index (κ1) is 22.1. The topological polar surface area (TPSA) is 24.7 Å². The highest BCUT2D eigenvalue weighted by Crippen LogP contribution is 2.33. The van der Waals surface area contributed by atoms with E-state index in [2.05, 4.69) is 72.0 Å². The van der Waals surface area contributed by atoms with Crippen LogP contribution in [0.2, 0.25) is 0 Å². The molecule has 2 nitrogen and oxygen atoms in total. The van der Waals surface area contributed by atoms with Gasteiger partial charge in [-0.2, -0.15) is 10.2 Å². The lowest BCUT2D eigenvalue weighted by Gasteiger charge is -2.23. The maximum atomic E-state index is 4.62. The van der Waals surface area contributed by atoms with E-state index in [0.717, 1.165) is 44.8 Å². The fourth-order valence-corrected chi connectivity index (χ4v) is 4.12. The summed E-state index contributed by atoms with van der Waals surface area (Å²) in [5, 5.41) is 9.24. The van der Waals surface area contributed by atoms with Gasteiger partial charge in [-0.25, -0.2) is 0 Å². The van der Waals surface area contributed by atoms with Gasteiger partial charge in [-0.15, -0.1) is 0 Å². The fraction of sp³-hybridized carbons (Fsp3) is 0.0909. The Balaban J connectivity index is 1.39. The van der Waals surface area contributed by atoms with Gasteiger partial charge in [-0.05, 0) is 62.4 Å². The number of hydrogen-bond acceptors (Lipinski definition) is 2. The Morgan fingerprint density at radius 1 is 0.457 bits per heavy atom. The highest BCUT2D eigenvalue weighted by molar-refractivity contribution is 6.25. The van der Waals surface area contributed by atoms with Crippen molar-refractivity contribution in [2.24, 2.45) is 15.6 Å². The predicted molar refractivity (Wildman–Crippen MR) is 145 cm³/mol. The van der Waals surface area contributed by atoms with Crippen LogP contribution in [0.15, 0.2) is 119 Å². The number of nitrogens with zero attached hydrogens (tertiary/aromatic N) is 2. The summed E-state index contributed by atoms with van der Waals surface area (Å²) >= 11 is 0. The highest BCUT2D eigenvalue weighted by Gasteiger charge is 2.37. The van der Waals surface area contributed by atoms with Crippen LogP contribution in [0.5, 0.6) is 0 Å². The van der Waals surface area contributed by atoms with Gasteiger partial charge in [0.15, 0.2) is 0 Å². The summed E-state index contributed by atoms with van der Waals surface area (Å²) in [6.07, 6.45) is 0. The molecule has 166 valence electrons. The maximum absolute atomic E-state index is 4.62. The Kier molecular flexibility index (Phi) is 6.13. The van der Waals surface area contributed by atoms with Gasteiger partial charge in [0.25, 0.3) is 0 Å². The van der Waals surface area contributed by atoms with E-state index in [9.17, 15) is 0 Å². The van der Waals surface area contributed by atoms with Crippen molar-refractivity contribution in [3.05, 3.63) is 143 Å². The molecule has 0 bridgehead atoms. The van der Waals surface area contributed by atoms with Crippen LogP contribution in [0.1, 0.15) is 47.2 Å². The minimum atomic E-state index is -0.350. The Labute approximate surface area is 207 Å². The summed E-state index contributed by atoms with van der Waals surface area (Å²) in [6, 6.07) is 36.5. The van der Waals surface area contributed by atoms with Crippen LogP contribution in [0.25, 0.3) is 0 Å². The summed E-state index contributed by atoms with van der Waals surface area (Å²) in [5.41, 5.74) is 7.51. The van der Waals surface area contributed by atoms with Gasteiger partial charge >= 0.3 is 0 Å². The molecular weight excluding hydrogens is 424 g/mol. The lowest BCUT2D eigenvalue weighted by molar-refractivity contribution is 0.745. The largest absolute Gasteiger partial charge is 0.154 e. The molecule has 35 heavy (non-hydrogen) atoms. The van der Waals surface area contributed by atoms with Crippen molar-refractivity contribution in [1.29, 1.82) is 0 Å². The van der Waals surface area contributed by atoms with E-state index in [-0.39, 0.29) is 5.41 Å². The zero-order chi connectivity index (χ0) is 24.1. The second-order valence-corrected chi connectivity index (χ2v) is 8.92. The zero-order valence-corrected chi connectivity index (χ0v) is 19.8. The third kappa shape index (κ3) is 4.98. The minimum Gasteiger partial charge on any atom is -0.154 e. The van der Waals surface area contributed by atoms with E-state index in [1.54, 1.807) is 0 Å². The molecule has 0 amide bonds. The van der Waals surface area contributed by atoms with E-state index >= 15 is 0 Å². The average Bonchev–Trinajstić information content (AvgIpc) is 3.22. The number of hydrogen-bond donors (Lipinski definition) is 0. The monoisotopic (exact) mass is 448 g/mol. The van der Waals surface area contributed by atoms with E-state index in [4.69, 9.17) is 0 Å². The minimum absolute atomic E-state index is 0.350. The summed E-state index contributed by atoms with van der Waals surface area (Å²) in [7, 11) is 0. The highest BCUT2D eigenvalue weighted by atomic mass is 15.2. The average molecular weight is 449 g/mol. The van der Waals surface area contributed by atoms with Crippen LogP contribution >= 0.6 is 0 Å². The molecule has 0 N–H and O–H groups in total. The smallest absolute Gasteiger partial charge is 0.0819 e. The lowest BCUT2D eigenvalue weighted by Crippen LogP contribution is -2.31. The van der Waals surface area contributed by atoms with E-state index in [1.807, 2.05) is 84.9 Å². The predicted octanol–water partition coefficient (Wildman–Crippen LogP) is 6.72. The molecule has 2 heteroatoms. The van der Waals surface area contributed by atoms with Gasteiger partial charge in [-0.3, -0.25) is 0 Å². The van der Waals surface area contributed by atoms with Crippen molar-refractivity contribution in [2.75, 3.05) is 0 Å². The Hall–Kier alpha value is -4.66. The van der Waals surface area contributed by atoms with Crippen molar-refractivity contribution in [1.82, 2.24) is 0 Å². The van der Waals surface area contributed by atoms with Crippen LogP contribution in [0, 0.1) is 29.1 Å². The third-order valence-electron chi connectivity index (χ3n) is 5.96. The first-order valence-corrected chi connectivity index (χ1v) is 11.6. The van der Waals surface area contributed by atoms with Crippen molar-refractivity contribution in [2.45, 2.75) is 13.8 Å². The lowest BCUT2D eigenvalue weighted by atomic mass is 9.77. The molecule has 1 aliphatic rings. The summed E-state index contributed by atoms with van der Waals surface area (Å²) in [5.74, 6) is 13.0. The number of rotatable bonds is 2. The van der Waals surface area contributed by atoms with Gasteiger partial charge in [0.05, 0.1) is 16.8 Å². The van der Waals surface area contributed by atoms with Gasteiger partial charge in [0, 0.05) is 33.4 Å². The standard InChI is InChI=1S/C33H24N2/c1-33(2)31(29-17-9-15-27(23-29)21-19-25-11-5-3-6-12-25)34-35-32(33)30-18-10-16-28(24-30)22-20-26-13-7-4-8-14-26/h3-18,23-24H,1-2H3. The molecule has 0 unspecified atom stereocenters. The molecule has 1 heterocycles. The second kappa shape index (κ2) is 9.68. The Morgan fingerprint density at radius 3 is 1.26 bits per heavy atom. The molecule has 0 radical (unpaired) electrons. The molecule has 0 fully saturated rings. The molecule has 0 spiro atoms. The first-order valence-electron chi connectivity index (χ1n) is 11.6. The maximum Gasteiger partial charge on any atom is 0.0819 e. The van der Waals surface area contributed by atoms with Crippen LogP contribution < -0.4 is 0 Å². The van der Waals surface area contributed by atoms with Crippen molar-refractivity contribution < 1.29 is 0 Å². The normalized spacial score (nSPS) is 13.5. The van der Waals surface area contributed by atoms with E-state index in [1.165, 1.54) is 0 Å². The Bertz CT molecular complexity index is 1430. The quantitative estimate of drug-likeness (QED) is 0.304. The zero-order valence-electron chi connectivity index (χ0n) is 19.8.